The first-order valence-corrected chi connectivity index (χ1v) is 6.75. The Bertz CT molecular complexity index is 376. The van der Waals surface area contributed by atoms with Crippen molar-refractivity contribution in [3.05, 3.63) is 29.8 Å². The van der Waals surface area contributed by atoms with Crippen LogP contribution in [0.3, 0.4) is 0 Å². The van der Waals surface area contributed by atoms with Gasteiger partial charge in [-0.15, -0.1) is 0 Å². The predicted molar refractivity (Wildman–Crippen MR) is 77.2 cm³/mol. The topological polar surface area (TPSA) is 64.3 Å². The number of methoxy groups -OCH3 is 1. The molecule has 0 aliphatic rings. The zero-order valence-electron chi connectivity index (χ0n) is 11.8. The van der Waals surface area contributed by atoms with Crippen molar-refractivity contribution in [3.8, 4) is 5.75 Å². The Morgan fingerprint density at radius 3 is 2.63 bits per heavy atom. The third-order valence-corrected chi connectivity index (χ3v) is 3.11. The summed E-state index contributed by atoms with van der Waals surface area (Å²) in [5, 5.41) is 2.94. The first-order valence-electron chi connectivity index (χ1n) is 6.75. The fourth-order valence-corrected chi connectivity index (χ4v) is 1.81. The van der Waals surface area contributed by atoms with Crippen LogP contribution in [0.1, 0.15) is 25.3 Å². The minimum absolute atomic E-state index is 0.0969. The second-order valence-electron chi connectivity index (χ2n) is 4.83. The Morgan fingerprint density at radius 1 is 1.37 bits per heavy atom. The summed E-state index contributed by atoms with van der Waals surface area (Å²) in [6.45, 7) is 3.47. The molecule has 0 heterocycles. The number of ether oxygens (including phenoxy) is 1. The Kier molecular flexibility index (Phi) is 6.97. The van der Waals surface area contributed by atoms with Crippen LogP contribution >= 0.6 is 0 Å². The van der Waals surface area contributed by atoms with Gasteiger partial charge in [-0.1, -0.05) is 19.1 Å². The highest BCUT2D eigenvalue weighted by atomic mass is 16.5. The summed E-state index contributed by atoms with van der Waals surface area (Å²) in [5.74, 6) is 1.37. The van der Waals surface area contributed by atoms with Gasteiger partial charge in [-0.05, 0) is 43.0 Å². The summed E-state index contributed by atoms with van der Waals surface area (Å²) in [5.41, 5.74) is 6.62. The van der Waals surface area contributed by atoms with Crippen LogP contribution in [0.15, 0.2) is 24.3 Å². The highest BCUT2D eigenvalue weighted by molar-refractivity contribution is 5.76. The Hall–Kier alpha value is -1.55. The Labute approximate surface area is 115 Å². The van der Waals surface area contributed by atoms with Gasteiger partial charge in [0.2, 0.25) is 5.91 Å². The molecule has 0 spiro atoms. The summed E-state index contributed by atoms with van der Waals surface area (Å²) in [4.78, 5) is 11.7. The van der Waals surface area contributed by atoms with E-state index in [1.54, 1.807) is 7.11 Å². The molecule has 0 aromatic heterocycles. The molecule has 19 heavy (non-hydrogen) atoms. The number of carbonyl (C=O) groups is 1. The third kappa shape index (κ3) is 6.25. The molecule has 1 amide bonds. The molecule has 0 saturated heterocycles. The van der Waals surface area contributed by atoms with Crippen LogP contribution < -0.4 is 15.8 Å². The van der Waals surface area contributed by atoms with E-state index in [0.29, 0.717) is 25.4 Å². The first-order chi connectivity index (χ1) is 9.15. The van der Waals surface area contributed by atoms with E-state index in [0.717, 1.165) is 24.2 Å². The van der Waals surface area contributed by atoms with Crippen LogP contribution in [-0.4, -0.2) is 26.1 Å². The van der Waals surface area contributed by atoms with E-state index in [4.69, 9.17) is 10.5 Å². The SMILES string of the molecule is COc1ccc(CCC(=O)NCC(C)CCN)cc1. The molecule has 4 heteroatoms. The van der Waals surface area contributed by atoms with Gasteiger partial charge in [-0.25, -0.2) is 0 Å². The minimum Gasteiger partial charge on any atom is -0.497 e. The minimum atomic E-state index is 0.0969. The first kappa shape index (κ1) is 15.5. The van der Waals surface area contributed by atoms with Crippen molar-refractivity contribution in [2.75, 3.05) is 20.2 Å². The zero-order valence-corrected chi connectivity index (χ0v) is 11.8. The largest absolute Gasteiger partial charge is 0.497 e. The molecular weight excluding hydrogens is 240 g/mol. The molecule has 1 aromatic rings. The fraction of sp³-hybridized carbons (Fsp3) is 0.533. The molecule has 1 atom stereocenters. The summed E-state index contributed by atoms with van der Waals surface area (Å²) >= 11 is 0. The van der Waals surface area contributed by atoms with E-state index < -0.39 is 0 Å². The van der Waals surface area contributed by atoms with Crippen molar-refractivity contribution in [1.29, 1.82) is 0 Å². The number of amides is 1. The number of nitrogens with two attached hydrogens (primary N) is 1. The Morgan fingerprint density at radius 2 is 2.05 bits per heavy atom. The van der Waals surface area contributed by atoms with E-state index in [1.165, 1.54) is 0 Å². The molecule has 0 bridgehead atoms. The van der Waals surface area contributed by atoms with Gasteiger partial charge in [0, 0.05) is 13.0 Å². The number of nitrogens with one attached hydrogen (secondary N) is 1. The maximum atomic E-state index is 11.7. The van der Waals surface area contributed by atoms with Crippen molar-refractivity contribution in [3.63, 3.8) is 0 Å². The summed E-state index contributed by atoms with van der Waals surface area (Å²) in [6, 6.07) is 7.81. The fourth-order valence-electron chi connectivity index (χ4n) is 1.81. The number of hydrogen-bond donors (Lipinski definition) is 2. The molecule has 0 saturated carbocycles. The second-order valence-corrected chi connectivity index (χ2v) is 4.83. The van der Waals surface area contributed by atoms with Crippen LogP contribution in [0.4, 0.5) is 0 Å². The molecule has 0 radical (unpaired) electrons. The number of carbonyl (C=O) groups excluding carboxylic acids is 1. The van der Waals surface area contributed by atoms with Gasteiger partial charge in [0.05, 0.1) is 7.11 Å². The average molecular weight is 264 g/mol. The van der Waals surface area contributed by atoms with E-state index in [9.17, 15) is 4.79 Å². The highest BCUT2D eigenvalue weighted by Gasteiger charge is 2.05. The van der Waals surface area contributed by atoms with E-state index in [-0.39, 0.29) is 5.91 Å². The molecule has 0 fully saturated rings. The van der Waals surface area contributed by atoms with E-state index >= 15 is 0 Å². The lowest BCUT2D eigenvalue weighted by Crippen LogP contribution is -2.29. The zero-order chi connectivity index (χ0) is 14.1. The van der Waals surface area contributed by atoms with Crippen molar-refractivity contribution < 1.29 is 9.53 Å². The monoisotopic (exact) mass is 264 g/mol. The van der Waals surface area contributed by atoms with Gasteiger partial charge in [0.1, 0.15) is 5.75 Å². The molecular formula is C15H24N2O2. The van der Waals surface area contributed by atoms with Gasteiger partial charge >= 0.3 is 0 Å². The van der Waals surface area contributed by atoms with Crippen molar-refractivity contribution in [2.24, 2.45) is 11.7 Å². The van der Waals surface area contributed by atoms with Crippen molar-refractivity contribution in [2.45, 2.75) is 26.2 Å². The van der Waals surface area contributed by atoms with Crippen molar-refractivity contribution in [1.82, 2.24) is 5.32 Å². The molecule has 1 rings (SSSR count). The van der Waals surface area contributed by atoms with Gasteiger partial charge in [0.15, 0.2) is 0 Å². The molecule has 3 N–H and O–H groups in total. The number of hydrogen-bond acceptors (Lipinski definition) is 3. The number of aryl methyl sites for hydroxylation is 1. The second kappa shape index (κ2) is 8.53. The van der Waals surface area contributed by atoms with Crippen LogP contribution in [0.25, 0.3) is 0 Å². The summed E-state index contributed by atoms with van der Waals surface area (Å²) in [7, 11) is 1.64. The maximum absolute atomic E-state index is 11.7. The van der Waals surface area contributed by atoms with E-state index in [1.807, 2.05) is 24.3 Å². The van der Waals surface area contributed by atoms with Crippen LogP contribution in [0.2, 0.25) is 0 Å². The van der Waals surface area contributed by atoms with Crippen molar-refractivity contribution >= 4 is 5.91 Å². The number of benzene rings is 1. The summed E-state index contributed by atoms with van der Waals surface area (Å²) in [6.07, 6.45) is 2.21. The summed E-state index contributed by atoms with van der Waals surface area (Å²) < 4.78 is 5.09. The molecule has 0 aliphatic heterocycles. The van der Waals surface area contributed by atoms with Crippen LogP contribution in [-0.2, 0) is 11.2 Å². The highest BCUT2D eigenvalue weighted by Crippen LogP contribution is 2.12. The molecule has 4 nitrogen and oxygen atoms in total. The maximum Gasteiger partial charge on any atom is 0.220 e. The van der Waals surface area contributed by atoms with Gasteiger partial charge in [0.25, 0.3) is 0 Å². The standard InChI is InChI=1S/C15H24N2O2/c1-12(9-10-16)11-17-15(18)8-5-13-3-6-14(19-2)7-4-13/h3-4,6-7,12H,5,8-11,16H2,1-2H3,(H,17,18). The smallest absolute Gasteiger partial charge is 0.220 e. The van der Waals surface area contributed by atoms with E-state index in [2.05, 4.69) is 12.2 Å². The molecule has 1 unspecified atom stereocenters. The van der Waals surface area contributed by atoms with Crippen LogP contribution in [0.5, 0.6) is 5.75 Å². The average Bonchev–Trinajstić information content (AvgIpc) is 2.44. The predicted octanol–water partition coefficient (Wildman–Crippen LogP) is 1.73. The van der Waals surface area contributed by atoms with Gasteiger partial charge < -0.3 is 15.8 Å². The molecule has 1 aromatic carbocycles. The lowest BCUT2D eigenvalue weighted by Gasteiger charge is -2.11. The third-order valence-electron chi connectivity index (χ3n) is 3.11. The molecule has 106 valence electrons. The lowest BCUT2D eigenvalue weighted by molar-refractivity contribution is -0.121. The number of rotatable bonds is 8. The van der Waals surface area contributed by atoms with Gasteiger partial charge in [-0.2, -0.15) is 0 Å². The lowest BCUT2D eigenvalue weighted by atomic mass is 10.1. The normalized spacial score (nSPS) is 11.9. The quantitative estimate of drug-likeness (QED) is 0.751. The molecule has 0 aliphatic carbocycles. The Balaban J connectivity index is 2.25. The van der Waals surface area contributed by atoms with Gasteiger partial charge in [-0.3, -0.25) is 4.79 Å². The van der Waals surface area contributed by atoms with Crippen LogP contribution in [0, 0.1) is 5.92 Å².